The van der Waals surface area contributed by atoms with E-state index in [0.29, 0.717) is 0 Å². The maximum Gasteiger partial charge on any atom is 0.133 e. The van der Waals surface area contributed by atoms with Crippen molar-refractivity contribution >= 4 is 5.82 Å². The molecule has 2 aliphatic heterocycles. The molecule has 1 unspecified atom stereocenters. The molecular weight excluding hydrogens is 260 g/mol. The number of piperazine rings is 1. The Bertz CT molecular complexity index is 500. The molecule has 1 aromatic rings. The molecule has 0 amide bonds. The second kappa shape index (κ2) is 6.32. The second-order valence-electron chi connectivity index (χ2n) is 6.44. The van der Waals surface area contributed by atoms with Crippen molar-refractivity contribution in [3.05, 3.63) is 22.9 Å². The van der Waals surface area contributed by atoms with Gasteiger partial charge in [0.05, 0.1) is 0 Å². The molecule has 4 nitrogen and oxygen atoms in total. The van der Waals surface area contributed by atoms with Crippen molar-refractivity contribution in [2.45, 2.75) is 46.2 Å². The first-order valence-corrected chi connectivity index (χ1v) is 8.36. The first kappa shape index (κ1) is 14.8. The number of hydrogen-bond acceptors (Lipinski definition) is 4. The first-order chi connectivity index (χ1) is 10.2. The third-order valence-electron chi connectivity index (χ3n) is 4.89. The third-order valence-corrected chi connectivity index (χ3v) is 4.89. The van der Waals surface area contributed by atoms with E-state index in [9.17, 15) is 0 Å². The van der Waals surface area contributed by atoms with E-state index >= 15 is 0 Å². The Labute approximate surface area is 128 Å². The van der Waals surface area contributed by atoms with Crippen molar-refractivity contribution in [1.29, 1.82) is 0 Å². The average molecular weight is 288 g/mol. The third kappa shape index (κ3) is 3.06. The highest BCUT2D eigenvalue weighted by Crippen LogP contribution is 2.28. The van der Waals surface area contributed by atoms with Crippen LogP contribution in [-0.4, -0.2) is 48.6 Å². The van der Waals surface area contributed by atoms with Gasteiger partial charge < -0.3 is 10.2 Å². The molecule has 0 saturated carbocycles. The quantitative estimate of drug-likeness (QED) is 0.919. The van der Waals surface area contributed by atoms with E-state index in [-0.39, 0.29) is 0 Å². The van der Waals surface area contributed by atoms with Gasteiger partial charge in [-0.2, -0.15) is 0 Å². The van der Waals surface area contributed by atoms with E-state index in [2.05, 4.69) is 42.0 Å². The molecule has 0 bridgehead atoms. The number of nitrogens with zero attached hydrogens (tertiary/aromatic N) is 3. The number of rotatable bonds is 4. The van der Waals surface area contributed by atoms with Crippen LogP contribution in [0.4, 0.5) is 5.82 Å². The van der Waals surface area contributed by atoms with Crippen LogP contribution in [0, 0.1) is 13.8 Å². The molecule has 0 aromatic carbocycles. The van der Waals surface area contributed by atoms with Gasteiger partial charge in [0.25, 0.3) is 0 Å². The van der Waals surface area contributed by atoms with Gasteiger partial charge in [-0.15, -0.1) is 0 Å². The molecule has 116 valence electrons. The van der Waals surface area contributed by atoms with Crippen LogP contribution < -0.4 is 10.2 Å². The molecule has 2 aliphatic rings. The Morgan fingerprint density at radius 3 is 2.95 bits per heavy atom. The zero-order valence-corrected chi connectivity index (χ0v) is 13.7. The molecule has 21 heavy (non-hydrogen) atoms. The summed E-state index contributed by atoms with van der Waals surface area (Å²) in [5.74, 6) is 1.22. The van der Waals surface area contributed by atoms with Gasteiger partial charge >= 0.3 is 0 Å². The normalized spacial score (nSPS) is 22.6. The van der Waals surface area contributed by atoms with Crippen LogP contribution in [0.1, 0.15) is 36.6 Å². The van der Waals surface area contributed by atoms with E-state index in [0.717, 1.165) is 37.9 Å². The minimum Gasteiger partial charge on any atom is -0.353 e. The van der Waals surface area contributed by atoms with Crippen LogP contribution in [0.25, 0.3) is 0 Å². The SMILES string of the molecule is CCNCc1c(C)cc(C)nc1N1CCN2CCCC2C1. The molecular formula is C17H28N4. The maximum atomic E-state index is 4.89. The number of fused-ring (bicyclic) bond motifs is 1. The monoisotopic (exact) mass is 288 g/mol. The fraction of sp³-hybridized carbons (Fsp3) is 0.706. The van der Waals surface area contributed by atoms with Crippen molar-refractivity contribution in [3.8, 4) is 0 Å². The Morgan fingerprint density at radius 2 is 2.14 bits per heavy atom. The number of aryl methyl sites for hydroxylation is 2. The second-order valence-corrected chi connectivity index (χ2v) is 6.44. The summed E-state index contributed by atoms with van der Waals surface area (Å²) in [5, 5.41) is 3.47. The Morgan fingerprint density at radius 1 is 1.29 bits per heavy atom. The smallest absolute Gasteiger partial charge is 0.133 e. The van der Waals surface area contributed by atoms with E-state index < -0.39 is 0 Å². The lowest BCUT2D eigenvalue weighted by molar-refractivity contribution is 0.230. The molecule has 2 fully saturated rings. The van der Waals surface area contributed by atoms with Gasteiger partial charge in [0.15, 0.2) is 0 Å². The molecule has 0 aliphatic carbocycles. The topological polar surface area (TPSA) is 31.4 Å². The van der Waals surface area contributed by atoms with E-state index in [4.69, 9.17) is 4.98 Å². The lowest BCUT2D eigenvalue weighted by Crippen LogP contribution is -2.50. The summed E-state index contributed by atoms with van der Waals surface area (Å²) in [7, 11) is 0. The number of pyridine rings is 1. The number of anilines is 1. The number of aromatic nitrogens is 1. The first-order valence-electron chi connectivity index (χ1n) is 8.36. The Kier molecular flexibility index (Phi) is 4.45. The molecule has 1 atom stereocenters. The van der Waals surface area contributed by atoms with Crippen molar-refractivity contribution < 1.29 is 0 Å². The maximum absolute atomic E-state index is 4.89. The molecule has 3 heterocycles. The summed E-state index contributed by atoms with van der Waals surface area (Å²) in [6, 6.07) is 2.95. The van der Waals surface area contributed by atoms with Crippen molar-refractivity contribution in [1.82, 2.24) is 15.2 Å². The standard InChI is InChI=1S/C17H28N4/c1-4-18-11-16-13(2)10-14(3)19-17(16)21-9-8-20-7-5-6-15(20)12-21/h10,15,18H,4-9,11-12H2,1-3H3. The van der Waals surface area contributed by atoms with Crippen LogP contribution >= 0.6 is 0 Å². The van der Waals surface area contributed by atoms with Crippen molar-refractivity contribution in [2.24, 2.45) is 0 Å². The summed E-state index contributed by atoms with van der Waals surface area (Å²) in [5.41, 5.74) is 3.89. The van der Waals surface area contributed by atoms with Gasteiger partial charge in [0, 0.05) is 43.5 Å². The van der Waals surface area contributed by atoms with Crippen molar-refractivity contribution in [3.63, 3.8) is 0 Å². The summed E-state index contributed by atoms with van der Waals surface area (Å²) in [6.07, 6.45) is 2.72. The molecule has 1 aromatic heterocycles. The highest BCUT2D eigenvalue weighted by atomic mass is 15.3. The highest BCUT2D eigenvalue weighted by Gasteiger charge is 2.31. The molecule has 0 radical (unpaired) electrons. The summed E-state index contributed by atoms with van der Waals surface area (Å²) < 4.78 is 0. The van der Waals surface area contributed by atoms with Crippen LogP contribution in [0.15, 0.2) is 6.07 Å². The van der Waals surface area contributed by atoms with Crippen LogP contribution in [-0.2, 0) is 6.54 Å². The van der Waals surface area contributed by atoms with E-state index in [1.165, 1.54) is 42.9 Å². The molecule has 2 saturated heterocycles. The van der Waals surface area contributed by atoms with Gasteiger partial charge in [-0.25, -0.2) is 4.98 Å². The molecule has 0 spiro atoms. The van der Waals surface area contributed by atoms with E-state index in [1.807, 2.05) is 0 Å². The van der Waals surface area contributed by atoms with Crippen LogP contribution in [0.3, 0.4) is 0 Å². The predicted octanol–water partition coefficient (Wildman–Crippen LogP) is 2.09. The molecule has 3 rings (SSSR count). The van der Waals surface area contributed by atoms with Gasteiger partial charge in [-0.1, -0.05) is 6.92 Å². The minimum absolute atomic E-state index is 0.744. The lowest BCUT2D eigenvalue weighted by atomic mass is 10.1. The van der Waals surface area contributed by atoms with Crippen LogP contribution in [0.5, 0.6) is 0 Å². The van der Waals surface area contributed by atoms with Gasteiger partial charge in [-0.05, 0) is 51.4 Å². The fourth-order valence-electron chi connectivity index (χ4n) is 3.76. The Hall–Kier alpha value is -1.13. The summed E-state index contributed by atoms with van der Waals surface area (Å²) in [4.78, 5) is 10.1. The zero-order chi connectivity index (χ0) is 14.8. The zero-order valence-electron chi connectivity index (χ0n) is 13.7. The fourth-order valence-corrected chi connectivity index (χ4v) is 3.76. The minimum atomic E-state index is 0.744. The number of nitrogens with one attached hydrogen (secondary N) is 1. The molecule has 1 N–H and O–H groups in total. The predicted molar refractivity (Wildman–Crippen MR) is 87.9 cm³/mol. The largest absolute Gasteiger partial charge is 0.353 e. The van der Waals surface area contributed by atoms with Crippen molar-refractivity contribution in [2.75, 3.05) is 37.6 Å². The average Bonchev–Trinajstić information content (AvgIpc) is 2.93. The van der Waals surface area contributed by atoms with Crippen LogP contribution in [0.2, 0.25) is 0 Å². The Balaban J connectivity index is 1.85. The van der Waals surface area contributed by atoms with Gasteiger partial charge in [0.2, 0.25) is 0 Å². The molecule has 4 heteroatoms. The highest BCUT2D eigenvalue weighted by molar-refractivity contribution is 5.52. The van der Waals surface area contributed by atoms with Gasteiger partial charge in [-0.3, -0.25) is 4.90 Å². The lowest BCUT2D eigenvalue weighted by Gasteiger charge is -2.39. The van der Waals surface area contributed by atoms with Gasteiger partial charge in [0.1, 0.15) is 5.82 Å². The number of hydrogen-bond donors (Lipinski definition) is 1. The summed E-state index contributed by atoms with van der Waals surface area (Å²) >= 11 is 0. The summed E-state index contributed by atoms with van der Waals surface area (Å²) in [6.45, 7) is 13.2. The van der Waals surface area contributed by atoms with E-state index in [1.54, 1.807) is 0 Å².